The van der Waals surface area contributed by atoms with E-state index >= 15 is 0 Å². The van der Waals surface area contributed by atoms with Gasteiger partial charge in [-0.2, -0.15) is 4.98 Å². The maximum atomic E-state index is 6.26. The highest BCUT2D eigenvalue weighted by Gasteiger charge is 2.16. The molecule has 3 rings (SSSR count). The van der Waals surface area contributed by atoms with E-state index in [1.165, 1.54) is 6.42 Å². The minimum atomic E-state index is 0.451. The molecule has 110 valence electrons. The second-order valence-electron chi connectivity index (χ2n) is 5.15. The summed E-state index contributed by atoms with van der Waals surface area (Å²) in [6.45, 7) is 1.94. The fraction of sp³-hybridized carbons (Fsp3) is 0.333. The van der Waals surface area contributed by atoms with Crippen molar-refractivity contribution in [1.29, 1.82) is 0 Å². The first-order chi connectivity index (χ1) is 10.1. The Hall–Kier alpha value is -1.52. The SMILES string of the molecule is Nc1cc(-c2ccc(Cl)cc2Cl)nc(N2CCCCC2)n1. The summed E-state index contributed by atoms with van der Waals surface area (Å²) in [5.41, 5.74) is 7.48. The molecule has 1 saturated heterocycles. The van der Waals surface area contributed by atoms with Crippen molar-refractivity contribution in [3.8, 4) is 11.3 Å². The zero-order valence-electron chi connectivity index (χ0n) is 11.5. The Bertz CT molecular complexity index is 654. The quantitative estimate of drug-likeness (QED) is 0.907. The van der Waals surface area contributed by atoms with Gasteiger partial charge in [-0.3, -0.25) is 0 Å². The summed E-state index contributed by atoms with van der Waals surface area (Å²) < 4.78 is 0. The third-order valence-corrected chi connectivity index (χ3v) is 4.13. The van der Waals surface area contributed by atoms with Gasteiger partial charge in [0.25, 0.3) is 0 Å². The van der Waals surface area contributed by atoms with Crippen molar-refractivity contribution in [3.63, 3.8) is 0 Å². The Morgan fingerprint density at radius 1 is 1.00 bits per heavy atom. The second kappa shape index (κ2) is 6.08. The van der Waals surface area contributed by atoms with Gasteiger partial charge in [-0.25, -0.2) is 4.98 Å². The summed E-state index contributed by atoms with van der Waals surface area (Å²) in [6.07, 6.45) is 3.58. The molecule has 0 saturated carbocycles. The molecule has 4 nitrogen and oxygen atoms in total. The van der Waals surface area contributed by atoms with Gasteiger partial charge < -0.3 is 10.6 Å². The number of halogens is 2. The van der Waals surface area contributed by atoms with Gasteiger partial charge >= 0.3 is 0 Å². The van der Waals surface area contributed by atoms with Crippen molar-refractivity contribution in [1.82, 2.24) is 9.97 Å². The lowest BCUT2D eigenvalue weighted by Crippen LogP contribution is -2.31. The van der Waals surface area contributed by atoms with Crippen LogP contribution in [0.15, 0.2) is 24.3 Å². The van der Waals surface area contributed by atoms with Gasteiger partial charge in [-0.1, -0.05) is 23.2 Å². The molecule has 1 aromatic carbocycles. The number of hydrogen-bond acceptors (Lipinski definition) is 4. The molecule has 0 spiro atoms. The Labute approximate surface area is 133 Å². The molecule has 0 radical (unpaired) electrons. The van der Waals surface area contributed by atoms with Crippen molar-refractivity contribution >= 4 is 35.0 Å². The van der Waals surface area contributed by atoms with E-state index in [9.17, 15) is 0 Å². The summed E-state index contributed by atoms with van der Waals surface area (Å²) in [7, 11) is 0. The largest absolute Gasteiger partial charge is 0.384 e. The van der Waals surface area contributed by atoms with Crippen LogP contribution in [0, 0.1) is 0 Å². The molecule has 1 aliphatic heterocycles. The topological polar surface area (TPSA) is 55.0 Å². The molecule has 0 aliphatic carbocycles. The van der Waals surface area contributed by atoms with Crippen LogP contribution in [0.5, 0.6) is 0 Å². The third-order valence-electron chi connectivity index (χ3n) is 3.58. The summed E-state index contributed by atoms with van der Waals surface area (Å²) in [6, 6.07) is 7.09. The maximum Gasteiger partial charge on any atom is 0.227 e. The first kappa shape index (κ1) is 14.4. The van der Waals surface area contributed by atoms with E-state index < -0.39 is 0 Å². The van der Waals surface area contributed by atoms with Crippen LogP contribution in [0.1, 0.15) is 19.3 Å². The Kier molecular flexibility index (Phi) is 4.17. The number of nitrogen functional groups attached to an aromatic ring is 1. The molecule has 2 N–H and O–H groups in total. The lowest BCUT2D eigenvalue weighted by Gasteiger charge is -2.27. The smallest absolute Gasteiger partial charge is 0.227 e. The monoisotopic (exact) mass is 322 g/mol. The number of benzene rings is 1. The molecule has 0 unspecified atom stereocenters. The second-order valence-corrected chi connectivity index (χ2v) is 5.99. The average molecular weight is 323 g/mol. The predicted molar refractivity (Wildman–Crippen MR) is 88.0 cm³/mol. The van der Waals surface area contributed by atoms with Crippen molar-refractivity contribution < 1.29 is 0 Å². The Morgan fingerprint density at radius 3 is 2.48 bits per heavy atom. The zero-order valence-corrected chi connectivity index (χ0v) is 13.0. The van der Waals surface area contributed by atoms with Crippen molar-refractivity contribution in [2.45, 2.75) is 19.3 Å². The van der Waals surface area contributed by atoms with Crippen molar-refractivity contribution in [2.24, 2.45) is 0 Å². The highest BCUT2D eigenvalue weighted by atomic mass is 35.5. The minimum Gasteiger partial charge on any atom is -0.384 e. The lowest BCUT2D eigenvalue weighted by atomic mass is 10.1. The lowest BCUT2D eigenvalue weighted by molar-refractivity contribution is 0.568. The van der Waals surface area contributed by atoms with Gasteiger partial charge in [-0.15, -0.1) is 0 Å². The van der Waals surface area contributed by atoms with Gasteiger partial charge in [0, 0.05) is 29.7 Å². The summed E-state index contributed by atoms with van der Waals surface area (Å²) in [5.74, 6) is 1.13. The first-order valence-corrected chi connectivity index (χ1v) is 7.74. The van der Waals surface area contributed by atoms with Gasteiger partial charge in [0.15, 0.2) is 0 Å². The van der Waals surface area contributed by atoms with Crippen LogP contribution in [0.3, 0.4) is 0 Å². The number of aromatic nitrogens is 2. The fourth-order valence-corrected chi connectivity index (χ4v) is 3.03. The molecule has 2 heterocycles. The van der Waals surface area contributed by atoms with Crippen LogP contribution in [0.25, 0.3) is 11.3 Å². The minimum absolute atomic E-state index is 0.451. The van der Waals surface area contributed by atoms with Crippen LogP contribution in [0.4, 0.5) is 11.8 Å². The van der Waals surface area contributed by atoms with E-state index in [2.05, 4.69) is 14.9 Å². The normalized spacial score (nSPS) is 15.2. The summed E-state index contributed by atoms with van der Waals surface area (Å²) in [4.78, 5) is 11.2. The molecule has 1 fully saturated rings. The molecule has 0 amide bonds. The third kappa shape index (κ3) is 3.22. The van der Waals surface area contributed by atoms with E-state index in [1.807, 2.05) is 6.07 Å². The molecule has 2 aromatic rings. The van der Waals surface area contributed by atoms with E-state index in [0.717, 1.165) is 37.2 Å². The molecule has 0 bridgehead atoms. The predicted octanol–water partition coefficient (Wildman–Crippen LogP) is 4.02. The number of anilines is 2. The summed E-state index contributed by atoms with van der Waals surface area (Å²) >= 11 is 12.2. The van der Waals surface area contributed by atoms with E-state index in [1.54, 1.807) is 18.2 Å². The number of rotatable bonds is 2. The Morgan fingerprint density at radius 2 is 1.76 bits per heavy atom. The highest BCUT2D eigenvalue weighted by molar-refractivity contribution is 6.36. The van der Waals surface area contributed by atoms with Gasteiger partial charge in [0.2, 0.25) is 5.95 Å². The number of nitrogens with two attached hydrogens (primary N) is 1. The van der Waals surface area contributed by atoms with E-state index in [-0.39, 0.29) is 0 Å². The van der Waals surface area contributed by atoms with Crippen LogP contribution in [0.2, 0.25) is 10.0 Å². The van der Waals surface area contributed by atoms with E-state index in [4.69, 9.17) is 28.9 Å². The number of piperidine rings is 1. The first-order valence-electron chi connectivity index (χ1n) is 6.98. The molecule has 1 aliphatic rings. The molecule has 6 heteroatoms. The molecule has 0 atom stereocenters. The number of nitrogens with zero attached hydrogens (tertiary/aromatic N) is 3. The van der Waals surface area contributed by atoms with Crippen LogP contribution in [-0.2, 0) is 0 Å². The average Bonchev–Trinajstić information content (AvgIpc) is 2.47. The van der Waals surface area contributed by atoms with E-state index in [0.29, 0.717) is 21.8 Å². The molecule has 21 heavy (non-hydrogen) atoms. The Balaban J connectivity index is 2.00. The standard InChI is InChI=1S/C15H16Cl2N4/c16-10-4-5-11(12(17)8-10)13-9-14(18)20-15(19-13)21-6-2-1-3-7-21/h4-5,8-9H,1-3,6-7H2,(H2,18,19,20). The van der Waals surface area contributed by atoms with Gasteiger partial charge in [-0.05, 0) is 37.5 Å². The fourth-order valence-electron chi connectivity index (χ4n) is 2.52. The van der Waals surface area contributed by atoms with Crippen molar-refractivity contribution in [2.75, 3.05) is 23.7 Å². The molecular formula is C15H16Cl2N4. The molecule has 1 aromatic heterocycles. The van der Waals surface area contributed by atoms with Crippen molar-refractivity contribution in [3.05, 3.63) is 34.3 Å². The maximum absolute atomic E-state index is 6.26. The van der Waals surface area contributed by atoms with Crippen LogP contribution in [-0.4, -0.2) is 23.1 Å². The van der Waals surface area contributed by atoms with Crippen LogP contribution < -0.4 is 10.6 Å². The van der Waals surface area contributed by atoms with Gasteiger partial charge in [0.05, 0.1) is 10.7 Å². The number of hydrogen-bond donors (Lipinski definition) is 1. The highest BCUT2D eigenvalue weighted by Crippen LogP contribution is 2.31. The molecular weight excluding hydrogens is 307 g/mol. The van der Waals surface area contributed by atoms with Crippen LogP contribution >= 0.6 is 23.2 Å². The zero-order chi connectivity index (χ0) is 14.8. The van der Waals surface area contributed by atoms with Gasteiger partial charge in [0.1, 0.15) is 5.82 Å². The summed E-state index contributed by atoms with van der Waals surface area (Å²) in [5, 5.41) is 1.16.